The molecule has 20 heavy (non-hydrogen) atoms. The van der Waals surface area contributed by atoms with Gasteiger partial charge in [-0.3, -0.25) is 4.98 Å². The molecule has 1 aromatic heterocycles. The smallest absolute Gasteiger partial charge is 0.165 e. The number of nitrogens with one attached hydrogen (secondary N) is 1. The minimum Gasteiger partial charge on any atom is -0.484 e. The predicted octanol–water partition coefficient (Wildman–Crippen LogP) is 3.30. The number of aromatic nitrogens is 1. The summed E-state index contributed by atoms with van der Waals surface area (Å²) in [5, 5.41) is 3.25. The highest BCUT2D eigenvalue weighted by atomic mass is 19.1. The molecule has 0 radical (unpaired) electrons. The summed E-state index contributed by atoms with van der Waals surface area (Å²) >= 11 is 0. The average Bonchev–Trinajstić information content (AvgIpc) is 2.48. The zero-order chi connectivity index (χ0) is 14.2. The number of para-hydroxylation sites is 1. The Balaban J connectivity index is 2.05. The SMILES string of the molecule is CCCNCc1cccc(F)c1OCc1ccccn1. The Kier molecular flexibility index (Phi) is 5.50. The zero-order valence-electron chi connectivity index (χ0n) is 11.6. The predicted molar refractivity (Wildman–Crippen MR) is 77.0 cm³/mol. The lowest BCUT2D eigenvalue weighted by molar-refractivity contribution is 0.282. The molecule has 0 bridgehead atoms. The molecule has 3 nitrogen and oxygen atoms in total. The summed E-state index contributed by atoms with van der Waals surface area (Å²) in [6.07, 6.45) is 2.74. The molecule has 106 valence electrons. The number of halogens is 1. The highest BCUT2D eigenvalue weighted by molar-refractivity contribution is 5.35. The molecular formula is C16H19FN2O. The van der Waals surface area contributed by atoms with Gasteiger partial charge in [0.1, 0.15) is 6.61 Å². The first-order valence-electron chi connectivity index (χ1n) is 6.82. The van der Waals surface area contributed by atoms with Crippen LogP contribution >= 0.6 is 0 Å². The van der Waals surface area contributed by atoms with Crippen molar-refractivity contribution in [1.82, 2.24) is 10.3 Å². The van der Waals surface area contributed by atoms with E-state index >= 15 is 0 Å². The molecule has 0 atom stereocenters. The number of rotatable bonds is 7. The minimum absolute atomic E-state index is 0.266. The Morgan fingerprint density at radius 2 is 2.10 bits per heavy atom. The Bertz CT molecular complexity index is 531. The van der Waals surface area contributed by atoms with Gasteiger partial charge in [-0.05, 0) is 31.2 Å². The summed E-state index contributed by atoms with van der Waals surface area (Å²) in [5.41, 5.74) is 1.61. The Labute approximate surface area is 118 Å². The minimum atomic E-state index is -0.336. The Morgan fingerprint density at radius 3 is 2.85 bits per heavy atom. The molecule has 1 heterocycles. The summed E-state index contributed by atoms with van der Waals surface area (Å²) in [5.74, 6) is -0.0292. The third-order valence-corrected chi connectivity index (χ3v) is 2.88. The van der Waals surface area contributed by atoms with Gasteiger partial charge in [0, 0.05) is 18.3 Å². The third-order valence-electron chi connectivity index (χ3n) is 2.88. The highest BCUT2D eigenvalue weighted by Gasteiger charge is 2.10. The Morgan fingerprint density at radius 1 is 1.20 bits per heavy atom. The van der Waals surface area contributed by atoms with Crippen LogP contribution < -0.4 is 10.1 Å². The highest BCUT2D eigenvalue weighted by Crippen LogP contribution is 2.23. The van der Waals surface area contributed by atoms with Crippen LogP contribution in [0, 0.1) is 5.82 Å². The fourth-order valence-electron chi connectivity index (χ4n) is 1.88. The Hall–Kier alpha value is -1.94. The molecule has 0 spiro atoms. The van der Waals surface area contributed by atoms with Gasteiger partial charge in [0.15, 0.2) is 11.6 Å². The molecule has 0 aliphatic heterocycles. The van der Waals surface area contributed by atoms with E-state index in [-0.39, 0.29) is 12.4 Å². The fourth-order valence-corrected chi connectivity index (χ4v) is 1.88. The van der Waals surface area contributed by atoms with E-state index < -0.39 is 0 Å². The number of hydrogen-bond donors (Lipinski definition) is 1. The molecule has 4 heteroatoms. The molecule has 2 rings (SSSR count). The van der Waals surface area contributed by atoms with Crippen molar-refractivity contribution in [3.63, 3.8) is 0 Å². The zero-order valence-corrected chi connectivity index (χ0v) is 11.6. The van der Waals surface area contributed by atoms with Gasteiger partial charge in [-0.15, -0.1) is 0 Å². The fraction of sp³-hybridized carbons (Fsp3) is 0.312. The first-order valence-corrected chi connectivity index (χ1v) is 6.82. The number of ether oxygens (including phenoxy) is 1. The molecular weight excluding hydrogens is 255 g/mol. The lowest BCUT2D eigenvalue weighted by Crippen LogP contribution is -2.15. The van der Waals surface area contributed by atoms with Gasteiger partial charge < -0.3 is 10.1 Å². The van der Waals surface area contributed by atoms with Crippen LogP contribution in [-0.2, 0) is 13.2 Å². The maximum Gasteiger partial charge on any atom is 0.165 e. The van der Waals surface area contributed by atoms with Crippen LogP contribution in [0.4, 0.5) is 4.39 Å². The van der Waals surface area contributed by atoms with E-state index in [4.69, 9.17) is 4.74 Å². The van der Waals surface area contributed by atoms with Crippen LogP contribution in [0.15, 0.2) is 42.6 Å². The molecule has 0 fully saturated rings. The van der Waals surface area contributed by atoms with Gasteiger partial charge in [-0.2, -0.15) is 0 Å². The third kappa shape index (κ3) is 4.03. The summed E-state index contributed by atoms with van der Waals surface area (Å²) in [4.78, 5) is 4.17. The average molecular weight is 274 g/mol. The van der Waals surface area contributed by atoms with Crippen molar-refractivity contribution >= 4 is 0 Å². The lowest BCUT2D eigenvalue weighted by Gasteiger charge is -2.12. The molecule has 0 aliphatic rings. The van der Waals surface area contributed by atoms with Crippen molar-refractivity contribution in [2.45, 2.75) is 26.5 Å². The standard InChI is InChI=1S/C16H19FN2O/c1-2-9-18-11-13-6-5-8-15(17)16(13)20-12-14-7-3-4-10-19-14/h3-8,10,18H,2,9,11-12H2,1H3. The van der Waals surface area contributed by atoms with Gasteiger partial charge >= 0.3 is 0 Å². The largest absolute Gasteiger partial charge is 0.484 e. The van der Waals surface area contributed by atoms with Crippen LogP contribution in [0.3, 0.4) is 0 Å². The first kappa shape index (κ1) is 14.5. The molecule has 1 aromatic carbocycles. The topological polar surface area (TPSA) is 34.1 Å². The molecule has 2 aromatic rings. The van der Waals surface area contributed by atoms with Crippen LogP contribution in [0.5, 0.6) is 5.75 Å². The summed E-state index contributed by atoms with van der Waals surface area (Å²) in [6, 6.07) is 10.6. The number of nitrogens with zero attached hydrogens (tertiary/aromatic N) is 1. The summed E-state index contributed by atoms with van der Waals surface area (Å²) < 4.78 is 19.5. The maximum absolute atomic E-state index is 13.9. The van der Waals surface area contributed by atoms with Crippen molar-refractivity contribution in [2.24, 2.45) is 0 Å². The number of pyridine rings is 1. The van der Waals surface area contributed by atoms with E-state index in [2.05, 4.69) is 17.2 Å². The van der Waals surface area contributed by atoms with E-state index in [0.29, 0.717) is 12.3 Å². The van der Waals surface area contributed by atoms with Crippen LogP contribution in [0.25, 0.3) is 0 Å². The summed E-state index contributed by atoms with van der Waals surface area (Å²) in [7, 11) is 0. The lowest BCUT2D eigenvalue weighted by atomic mass is 10.2. The monoisotopic (exact) mass is 274 g/mol. The van der Waals surface area contributed by atoms with Gasteiger partial charge in [0.05, 0.1) is 5.69 Å². The quantitative estimate of drug-likeness (QED) is 0.787. The second kappa shape index (κ2) is 7.60. The second-order valence-electron chi connectivity index (χ2n) is 4.51. The molecule has 0 unspecified atom stereocenters. The molecule has 0 saturated carbocycles. The van der Waals surface area contributed by atoms with Crippen LogP contribution in [0.2, 0.25) is 0 Å². The maximum atomic E-state index is 13.9. The van der Waals surface area contributed by atoms with Crippen LogP contribution in [-0.4, -0.2) is 11.5 Å². The van der Waals surface area contributed by atoms with Gasteiger partial charge in [-0.1, -0.05) is 25.1 Å². The van der Waals surface area contributed by atoms with Gasteiger partial charge in [-0.25, -0.2) is 4.39 Å². The molecule has 0 aliphatic carbocycles. The number of benzene rings is 1. The first-order chi connectivity index (χ1) is 9.81. The van der Waals surface area contributed by atoms with E-state index in [1.807, 2.05) is 24.3 Å². The number of hydrogen-bond acceptors (Lipinski definition) is 3. The second-order valence-corrected chi connectivity index (χ2v) is 4.51. The van der Waals surface area contributed by atoms with E-state index in [9.17, 15) is 4.39 Å². The van der Waals surface area contributed by atoms with Crippen molar-refractivity contribution in [3.05, 3.63) is 59.7 Å². The molecule has 0 saturated heterocycles. The van der Waals surface area contributed by atoms with E-state index in [1.165, 1.54) is 6.07 Å². The van der Waals surface area contributed by atoms with Gasteiger partial charge in [0.2, 0.25) is 0 Å². The summed E-state index contributed by atoms with van der Waals surface area (Å²) in [6.45, 7) is 3.86. The van der Waals surface area contributed by atoms with Crippen molar-refractivity contribution in [2.75, 3.05) is 6.54 Å². The van der Waals surface area contributed by atoms with Crippen LogP contribution in [0.1, 0.15) is 24.6 Å². The molecule has 1 N–H and O–H groups in total. The van der Waals surface area contributed by atoms with Crippen molar-refractivity contribution < 1.29 is 9.13 Å². The van der Waals surface area contributed by atoms with E-state index in [0.717, 1.165) is 24.2 Å². The molecule has 0 amide bonds. The van der Waals surface area contributed by atoms with Gasteiger partial charge in [0.25, 0.3) is 0 Å². The van der Waals surface area contributed by atoms with E-state index in [1.54, 1.807) is 12.3 Å². The van der Waals surface area contributed by atoms with Crippen molar-refractivity contribution in [3.8, 4) is 5.75 Å². The van der Waals surface area contributed by atoms with Crippen molar-refractivity contribution in [1.29, 1.82) is 0 Å². The normalized spacial score (nSPS) is 10.5.